The number of nitrogens with two attached hydrogens (primary N) is 2. The van der Waals surface area contributed by atoms with Crippen LogP contribution in [0.4, 0.5) is 0 Å². The molecule has 5 N–H and O–H groups in total. The fraction of sp³-hybridized carbons (Fsp3) is 0.526. The van der Waals surface area contributed by atoms with Crippen LogP contribution in [0.2, 0.25) is 19.6 Å². The number of esters is 4. The maximum Gasteiger partial charge on any atom is 0.336 e. The molecule has 14 heteroatoms. The summed E-state index contributed by atoms with van der Waals surface area (Å²) in [6.45, 7) is 18.5. The van der Waals surface area contributed by atoms with Crippen LogP contribution < -0.4 is 17.0 Å². The molecular formula is C38H62N4O9Si. The van der Waals surface area contributed by atoms with E-state index in [0.717, 1.165) is 25.7 Å². The van der Waals surface area contributed by atoms with E-state index in [-0.39, 0.29) is 23.7 Å². The Kier molecular flexibility index (Phi) is 23.2. The van der Waals surface area contributed by atoms with E-state index in [4.69, 9.17) is 18.9 Å². The maximum absolute atomic E-state index is 12.3. The number of likely N-dealkylation sites (tertiary alicyclic amines) is 1. The molecule has 4 atom stereocenters. The minimum Gasteiger partial charge on any atom is -0.468 e. The number of methoxy groups -OCH3 is 3. The molecule has 0 aromatic heterocycles. The monoisotopic (exact) mass is 746 g/mol. The van der Waals surface area contributed by atoms with Gasteiger partial charge in [-0.05, 0) is 44.1 Å². The second kappa shape index (κ2) is 25.1. The zero-order chi connectivity index (χ0) is 39.9. The van der Waals surface area contributed by atoms with Crippen LogP contribution >= 0.6 is 0 Å². The molecule has 0 bridgehead atoms. The summed E-state index contributed by atoms with van der Waals surface area (Å²) in [6, 6.07) is 20.6. The Labute approximate surface area is 311 Å². The molecular weight excluding hydrogens is 685 g/mol. The molecule has 1 saturated heterocycles. The van der Waals surface area contributed by atoms with Crippen LogP contribution in [0.3, 0.4) is 0 Å². The van der Waals surface area contributed by atoms with Crippen LogP contribution in [0, 0.1) is 5.41 Å². The number of benzene rings is 2. The predicted molar refractivity (Wildman–Crippen MR) is 205 cm³/mol. The third-order valence-corrected chi connectivity index (χ3v) is 9.30. The van der Waals surface area contributed by atoms with Crippen molar-refractivity contribution in [3.05, 3.63) is 83.9 Å². The van der Waals surface area contributed by atoms with E-state index >= 15 is 0 Å². The minimum absolute atomic E-state index is 0.132. The van der Waals surface area contributed by atoms with Crippen LogP contribution in [-0.4, -0.2) is 95.9 Å². The van der Waals surface area contributed by atoms with Crippen molar-refractivity contribution in [2.45, 2.75) is 85.2 Å². The first-order valence-corrected chi connectivity index (χ1v) is 20.8. The average Bonchev–Trinajstić information content (AvgIpc) is 3.55. The second-order valence-corrected chi connectivity index (χ2v) is 18.9. The van der Waals surface area contributed by atoms with Gasteiger partial charge < -0.3 is 23.7 Å². The van der Waals surface area contributed by atoms with Gasteiger partial charge in [0.15, 0.2) is 0 Å². The lowest BCUT2D eigenvalue weighted by Gasteiger charge is -2.32. The van der Waals surface area contributed by atoms with Gasteiger partial charge in [-0.1, -0.05) is 86.9 Å². The standard InChI is InChI=1S/C17H23NO4.C13H23NOSi.C8H12O4.H4N2/c1-13(22-14(2)19)17(16(20)21-3)9-10-18(12-17)11-15-7-5-4-6-8-15;1-15-13(14-11-16(2,3)4)10-12-8-6-5-7-9-12;1-5(8(10)11-4)6(2)12-7(3)9;1-2/h4-8,13H,9-12H2,1-3H3;5-9,13-14H,10-11H2,1-4H3;6H,1H2,2-4H3;1-2H2. The van der Waals surface area contributed by atoms with Crippen molar-refractivity contribution in [2.24, 2.45) is 17.1 Å². The third kappa shape index (κ3) is 18.5. The molecule has 292 valence electrons. The average molecular weight is 747 g/mol. The third-order valence-electron chi connectivity index (χ3n) is 8.03. The summed E-state index contributed by atoms with van der Waals surface area (Å²) in [7, 11) is 3.35. The molecule has 0 aliphatic carbocycles. The summed E-state index contributed by atoms with van der Waals surface area (Å²) in [4.78, 5) is 47.0. The van der Waals surface area contributed by atoms with E-state index in [9.17, 15) is 19.2 Å². The number of hydrogen-bond donors (Lipinski definition) is 3. The van der Waals surface area contributed by atoms with E-state index in [1.807, 2.05) is 24.3 Å². The largest absolute Gasteiger partial charge is 0.468 e. The molecule has 1 fully saturated rings. The van der Waals surface area contributed by atoms with Crippen LogP contribution in [0.15, 0.2) is 72.8 Å². The number of nitrogens with zero attached hydrogens (tertiary/aromatic N) is 1. The number of ether oxygens (including phenoxy) is 5. The number of nitrogens with one attached hydrogen (secondary N) is 1. The van der Waals surface area contributed by atoms with Gasteiger partial charge in [-0.25, -0.2) is 4.79 Å². The van der Waals surface area contributed by atoms with E-state index in [0.29, 0.717) is 13.0 Å². The smallest absolute Gasteiger partial charge is 0.336 e. The first-order chi connectivity index (χ1) is 24.5. The Bertz CT molecular complexity index is 1360. The molecule has 1 aliphatic heterocycles. The van der Waals surface area contributed by atoms with Crippen molar-refractivity contribution in [1.82, 2.24) is 10.2 Å². The van der Waals surface area contributed by atoms with Gasteiger partial charge in [-0.2, -0.15) is 0 Å². The summed E-state index contributed by atoms with van der Waals surface area (Å²) in [5.41, 5.74) is 1.86. The highest BCUT2D eigenvalue weighted by Gasteiger charge is 2.51. The minimum atomic E-state index is -1.04. The zero-order valence-electron chi connectivity index (χ0n) is 32.7. The van der Waals surface area contributed by atoms with Gasteiger partial charge in [0.25, 0.3) is 0 Å². The van der Waals surface area contributed by atoms with E-state index in [1.165, 1.54) is 39.2 Å². The van der Waals surface area contributed by atoms with Gasteiger partial charge in [0.2, 0.25) is 0 Å². The van der Waals surface area contributed by atoms with Gasteiger partial charge in [-0.3, -0.25) is 36.3 Å². The van der Waals surface area contributed by atoms with E-state index in [1.54, 1.807) is 21.0 Å². The summed E-state index contributed by atoms with van der Waals surface area (Å²) in [5, 5.41) is 3.50. The molecule has 0 saturated carbocycles. The first-order valence-electron chi connectivity index (χ1n) is 17.1. The van der Waals surface area contributed by atoms with Gasteiger partial charge in [0, 0.05) is 40.5 Å². The van der Waals surface area contributed by atoms with Gasteiger partial charge in [0.1, 0.15) is 23.9 Å². The molecule has 0 amide bonds. The summed E-state index contributed by atoms with van der Waals surface area (Å²) < 4.78 is 24.8. The van der Waals surface area contributed by atoms with Crippen LogP contribution in [0.5, 0.6) is 0 Å². The quantitative estimate of drug-likeness (QED) is 0.0477. The highest BCUT2D eigenvalue weighted by Crippen LogP contribution is 2.37. The second-order valence-electron chi connectivity index (χ2n) is 13.5. The fourth-order valence-electron chi connectivity index (χ4n) is 5.22. The lowest BCUT2D eigenvalue weighted by Crippen LogP contribution is -2.46. The highest BCUT2D eigenvalue weighted by atomic mass is 28.3. The summed E-state index contributed by atoms with van der Waals surface area (Å²) in [5.74, 6) is 6.30. The Morgan fingerprint density at radius 2 is 1.38 bits per heavy atom. The summed E-state index contributed by atoms with van der Waals surface area (Å²) in [6.07, 6.45) is 1.66. The summed E-state index contributed by atoms with van der Waals surface area (Å²) >= 11 is 0. The molecule has 1 aliphatic rings. The Balaban J connectivity index is 0.000000768. The van der Waals surface area contributed by atoms with Crippen molar-refractivity contribution in [1.29, 1.82) is 0 Å². The van der Waals surface area contributed by atoms with Gasteiger partial charge >= 0.3 is 23.9 Å². The highest BCUT2D eigenvalue weighted by molar-refractivity contribution is 6.76. The lowest BCUT2D eigenvalue weighted by atomic mass is 9.81. The van der Waals surface area contributed by atoms with Gasteiger partial charge in [-0.15, -0.1) is 0 Å². The molecule has 13 nitrogen and oxygen atoms in total. The topological polar surface area (TPSA) is 182 Å². The van der Waals surface area contributed by atoms with Crippen molar-refractivity contribution < 1.29 is 42.9 Å². The van der Waals surface area contributed by atoms with Crippen LogP contribution in [0.1, 0.15) is 45.2 Å². The molecule has 1 heterocycles. The Morgan fingerprint density at radius 3 is 1.83 bits per heavy atom. The number of hydrazine groups is 1. The first kappa shape index (κ1) is 48.1. The molecule has 3 rings (SSSR count). The molecule has 4 unspecified atom stereocenters. The Hall–Kier alpha value is -3.92. The number of carbonyl (C=O) groups is 4. The maximum atomic E-state index is 12.3. The van der Waals surface area contributed by atoms with E-state index < -0.39 is 37.6 Å². The molecule has 0 radical (unpaired) electrons. The fourth-order valence-corrected chi connectivity index (χ4v) is 6.06. The van der Waals surface area contributed by atoms with Crippen molar-refractivity contribution >= 4 is 32.0 Å². The Morgan fingerprint density at radius 1 is 0.865 bits per heavy atom. The van der Waals surface area contributed by atoms with Crippen molar-refractivity contribution in [3.8, 4) is 0 Å². The number of carbonyl (C=O) groups excluding carboxylic acids is 4. The number of rotatable bonds is 14. The van der Waals surface area contributed by atoms with Crippen molar-refractivity contribution in [3.63, 3.8) is 0 Å². The molecule has 52 heavy (non-hydrogen) atoms. The zero-order valence-corrected chi connectivity index (χ0v) is 33.7. The molecule has 2 aromatic carbocycles. The normalized spacial score (nSPS) is 16.8. The molecule has 2 aromatic rings. The lowest BCUT2D eigenvalue weighted by molar-refractivity contribution is -0.168. The van der Waals surface area contributed by atoms with Crippen molar-refractivity contribution in [2.75, 3.05) is 40.6 Å². The van der Waals surface area contributed by atoms with E-state index in [2.05, 4.69) is 89.3 Å². The predicted octanol–water partition coefficient (Wildman–Crippen LogP) is 4.16. The molecule has 0 spiro atoms. The number of hydrogen-bond acceptors (Lipinski definition) is 13. The van der Waals surface area contributed by atoms with Crippen LogP contribution in [0.25, 0.3) is 0 Å². The SMILES string of the molecule is C=C(C(=O)OC)C(C)OC(C)=O.COC(=O)C1(C(C)OC(C)=O)CCN(Cc2ccccc2)C1.COC(Cc1ccccc1)NC[Si](C)(C)C.NN. The van der Waals surface area contributed by atoms with Crippen LogP contribution in [-0.2, 0) is 55.8 Å². The van der Waals surface area contributed by atoms with Gasteiger partial charge in [0.05, 0.1) is 27.9 Å².